The van der Waals surface area contributed by atoms with Crippen LogP contribution in [-0.4, -0.2) is 23.6 Å². The SMILES string of the molecule is COc1cc([C@@H](C[N+](=O)[O-])c2c[nH]c3ccccc23)ccc1OCc1ccccc1F. The molecule has 4 aromatic rings. The summed E-state index contributed by atoms with van der Waals surface area (Å²) in [5.41, 5.74) is 2.92. The largest absolute Gasteiger partial charge is 0.493 e. The van der Waals surface area contributed by atoms with Crippen molar-refractivity contribution < 1.29 is 18.8 Å². The Morgan fingerprint density at radius 1 is 1.06 bits per heavy atom. The third-order valence-electron chi connectivity index (χ3n) is 5.26. The lowest BCUT2D eigenvalue weighted by atomic mass is 9.90. The molecule has 31 heavy (non-hydrogen) atoms. The Hall–Kier alpha value is -3.87. The smallest absolute Gasteiger partial charge is 0.214 e. The van der Waals surface area contributed by atoms with E-state index >= 15 is 0 Å². The molecular formula is C24H21FN2O4. The van der Waals surface area contributed by atoms with Gasteiger partial charge in [0.15, 0.2) is 11.5 Å². The van der Waals surface area contributed by atoms with Gasteiger partial charge in [0, 0.05) is 27.6 Å². The summed E-state index contributed by atoms with van der Waals surface area (Å²) in [6.45, 7) is -0.219. The van der Waals surface area contributed by atoms with Crippen molar-refractivity contribution in [1.82, 2.24) is 4.98 Å². The third kappa shape index (κ3) is 4.35. The number of methoxy groups -OCH3 is 1. The van der Waals surface area contributed by atoms with E-state index in [2.05, 4.69) is 4.98 Å². The number of benzene rings is 3. The van der Waals surface area contributed by atoms with Crippen molar-refractivity contribution in [2.45, 2.75) is 12.5 Å². The lowest BCUT2D eigenvalue weighted by Gasteiger charge is -2.17. The fraction of sp³-hybridized carbons (Fsp3) is 0.167. The van der Waals surface area contributed by atoms with Crippen molar-refractivity contribution in [2.24, 2.45) is 0 Å². The average molecular weight is 420 g/mol. The molecular weight excluding hydrogens is 399 g/mol. The zero-order valence-corrected chi connectivity index (χ0v) is 16.9. The number of fused-ring (bicyclic) bond motifs is 1. The zero-order valence-electron chi connectivity index (χ0n) is 16.9. The fourth-order valence-electron chi connectivity index (χ4n) is 3.71. The molecule has 1 atom stereocenters. The van der Waals surface area contributed by atoms with Crippen LogP contribution in [0.3, 0.4) is 0 Å². The summed E-state index contributed by atoms with van der Waals surface area (Å²) in [5, 5.41) is 12.4. The zero-order chi connectivity index (χ0) is 21.8. The van der Waals surface area contributed by atoms with E-state index in [9.17, 15) is 14.5 Å². The lowest BCUT2D eigenvalue weighted by Crippen LogP contribution is -2.14. The molecule has 1 heterocycles. The van der Waals surface area contributed by atoms with Crippen LogP contribution in [0, 0.1) is 15.9 Å². The first-order valence-corrected chi connectivity index (χ1v) is 9.78. The van der Waals surface area contributed by atoms with Gasteiger partial charge in [0.25, 0.3) is 0 Å². The number of rotatable bonds is 8. The van der Waals surface area contributed by atoms with Crippen LogP contribution in [-0.2, 0) is 6.61 Å². The standard InChI is InChI=1S/C24H21FN2O4/c1-30-24-12-16(10-11-23(24)31-15-17-6-2-4-8-21(17)25)20(14-27(28)29)19-13-26-22-9-5-3-7-18(19)22/h2-13,20,26H,14-15H2,1H3/t20-/m1/s1. The summed E-state index contributed by atoms with van der Waals surface area (Å²) in [6.07, 6.45) is 1.81. The van der Waals surface area contributed by atoms with Crippen molar-refractivity contribution in [3.05, 3.63) is 106 Å². The summed E-state index contributed by atoms with van der Waals surface area (Å²) >= 11 is 0. The first-order valence-electron chi connectivity index (χ1n) is 9.78. The van der Waals surface area contributed by atoms with Gasteiger partial charge in [-0.05, 0) is 35.4 Å². The molecule has 6 nitrogen and oxygen atoms in total. The van der Waals surface area contributed by atoms with Crippen LogP contribution in [0.15, 0.2) is 72.9 Å². The molecule has 0 radical (unpaired) electrons. The molecule has 1 aromatic heterocycles. The van der Waals surface area contributed by atoms with Crippen molar-refractivity contribution >= 4 is 10.9 Å². The molecule has 0 bridgehead atoms. The van der Waals surface area contributed by atoms with Gasteiger partial charge < -0.3 is 14.5 Å². The summed E-state index contributed by atoms with van der Waals surface area (Å²) in [4.78, 5) is 14.3. The number of nitro groups is 1. The van der Waals surface area contributed by atoms with Crippen LogP contribution in [0.2, 0.25) is 0 Å². The van der Waals surface area contributed by atoms with E-state index in [0.29, 0.717) is 17.1 Å². The van der Waals surface area contributed by atoms with E-state index in [-0.39, 0.29) is 23.9 Å². The number of hydrogen-bond acceptors (Lipinski definition) is 4. The van der Waals surface area contributed by atoms with Gasteiger partial charge in [-0.2, -0.15) is 0 Å². The summed E-state index contributed by atoms with van der Waals surface area (Å²) in [6, 6.07) is 19.3. The van der Waals surface area contributed by atoms with Crippen LogP contribution in [0.1, 0.15) is 22.6 Å². The minimum Gasteiger partial charge on any atom is -0.493 e. The van der Waals surface area contributed by atoms with E-state index in [1.54, 1.807) is 36.4 Å². The number of aromatic nitrogens is 1. The Balaban J connectivity index is 1.66. The molecule has 4 rings (SSSR count). The molecule has 0 amide bonds. The van der Waals surface area contributed by atoms with Crippen LogP contribution < -0.4 is 9.47 Å². The van der Waals surface area contributed by atoms with Crippen LogP contribution in [0.5, 0.6) is 11.5 Å². The maximum atomic E-state index is 13.9. The van der Waals surface area contributed by atoms with Gasteiger partial charge in [-0.3, -0.25) is 10.1 Å². The second kappa shape index (κ2) is 8.87. The maximum Gasteiger partial charge on any atom is 0.214 e. The van der Waals surface area contributed by atoms with Crippen LogP contribution >= 0.6 is 0 Å². The Labute approximate surface area is 178 Å². The first-order chi connectivity index (χ1) is 15.1. The summed E-state index contributed by atoms with van der Waals surface area (Å²) in [5.74, 6) is 0.0550. The first kappa shape index (κ1) is 20.4. The Kier molecular flexibility index (Phi) is 5.84. The molecule has 158 valence electrons. The Morgan fingerprint density at radius 3 is 2.61 bits per heavy atom. The highest BCUT2D eigenvalue weighted by molar-refractivity contribution is 5.84. The monoisotopic (exact) mass is 420 g/mol. The van der Waals surface area contributed by atoms with E-state index in [1.165, 1.54) is 13.2 Å². The quantitative estimate of drug-likeness (QED) is 0.310. The Morgan fingerprint density at radius 2 is 1.84 bits per heavy atom. The molecule has 0 aliphatic rings. The molecule has 3 aromatic carbocycles. The highest BCUT2D eigenvalue weighted by Gasteiger charge is 2.24. The van der Waals surface area contributed by atoms with Gasteiger partial charge in [0.05, 0.1) is 13.0 Å². The molecule has 7 heteroatoms. The minimum absolute atomic E-state index is 0.0448. The fourth-order valence-corrected chi connectivity index (χ4v) is 3.71. The van der Waals surface area contributed by atoms with E-state index in [4.69, 9.17) is 9.47 Å². The predicted octanol–water partition coefficient (Wildman–Crippen LogP) is 5.30. The van der Waals surface area contributed by atoms with Gasteiger partial charge in [0.1, 0.15) is 12.4 Å². The molecule has 0 saturated heterocycles. The normalized spacial score (nSPS) is 11.9. The molecule has 0 spiro atoms. The number of hydrogen-bond donors (Lipinski definition) is 1. The van der Waals surface area contributed by atoms with Crippen LogP contribution in [0.4, 0.5) is 4.39 Å². The second-order valence-corrected chi connectivity index (χ2v) is 7.15. The third-order valence-corrected chi connectivity index (χ3v) is 5.26. The Bertz CT molecular complexity index is 1220. The number of nitrogens with zero attached hydrogens (tertiary/aromatic N) is 1. The topological polar surface area (TPSA) is 77.4 Å². The summed E-state index contributed by atoms with van der Waals surface area (Å²) < 4.78 is 25.1. The number of para-hydroxylation sites is 1. The molecule has 0 aliphatic heterocycles. The number of aromatic amines is 1. The number of ether oxygens (including phenoxy) is 2. The van der Waals surface area contributed by atoms with Gasteiger partial charge in [0.2, 0.25) is 6.54 Å². The van der Waals surface area contributed by atoms with E-state index < -0.39 is 5.92 Å². The number of H-pyrrole nitrogens is 1. The average Bonchev–Trinajstić information content (AvgIpc) is 3.21. The van der Waals surface area contributed by atoms with Crippen molar-refractivity contribution in [1.29, 1.82) is 0 Å². The van der Waals surface area contributed by atoms with Crippen LogP contribution in [0.25, 0.3) is 10.9 Å². The number of nitrogens with one attached hydrogen (secondary N) is 1. The maximum absolute atomic E-state index is 13.9. The van der Waals surface area contributed by atoms with E-state index in [0.717, 1.165) is 22.0 Å². The van der Waals surface area contributed by atoms with Gasteiger partial charge in [-0.15, -0.1) is 0 Å². The van der Waals surface area contributed by atoms with Gasteiger partial charge >= 0.3 is 0 Å². The molecule has 0 aliphatic carbocycles. The summed E-state index contributed by atoms with van der Waals surface area (Å²) in [7, 11) is 1.50. The van der Waals surface area contributed by atoms with Crippen molar-refractivity contribution in [3.63, 3.8) is 0 Å². The number of halogens is 1. The molecule has 0 fully saturated rings. The molecule has 1 N–H and O–H groups in total. The van der Waals surface area contributed by atoms with Gasteiger partial charge in [-0.25, -0.2) is 4.39 Å². The predicted molar refractivity (Wildman–Crippen MR) is 116 cm³/mol. The lowest BCUT2D eigenvalue weighted by molar-refractivity contribution is -0.481. The highest BCUT2D eigenvalue weighted by Crippen LogP contribution is 2.36. The van der Waals surface area contributed by atoms with Crippen molar-refractivity contribution in [3.8, 4) is 11.5 Å². The van der Waals surface area contributed by atoms with Crippen molar-refractivity contribution in [2.75, 3.05) is 13.7 Å². The minimum atomic E-state index is -0.472. The highest BCUT2D eigenvalue weighted by atomic mass is 19.1. The molecule has 0 saturated carbocycles. The second-order valence-electron chi connectivity index (χ2n) is 7.15. The van der Waals surface area contributed by atoms with Gasteiger partial charge in [-0.1, -0.05) is 42.5 Å². The molecule has 0 unspecified atom stereocenters. The van der Waals surface area contributed by atoms with E-state index in [1.807, 2.05) is 30.5 Å².